The summed E-state index contributed by atoms with van der Waals surface area (Å²) in [5.41, 5.74) is 6.18. The Hall–Kier alpha value is -2.60. The summed E-state index contributed by atoms with van der Waals surface area (Å²) < 4.78 is 0. The molecule has 1 aliphatic rings. The van der Waals surface area contributed by atoms with Crippen molar-refractivity contribution in [3.63, 3.8) is 0 Å². The molecule has 0 spiro atoms. The molecule has 4 heteroatoms. The Bertz CT molecular complexity index is 858. The van der Waals surface area contributed by atoms with E-state index in [1.807, 2.05) is 6.08 Å². The van der Waals surface area contributed by atoms with Gasteiger partial charge in [0.2, 0.25) is 0 Å². The summed E-state index contributed by atoms with van der Waals surface area (Å²) in [5.74, 6) is 0. The number of nitrogens with zero attached hydrogens (tertiary/aromatic N) is 3. The van der Waals surface area contributed by atoms with Crippen LogP contribution in [0.15, 0.2) is 55.3 Å². The third-order valence-corrected chi connectivity index (χ3v) is 4.32. The molecule has 1 aromatic heterocycles. The molecule has 0 bridgehead atoms. The van der Waals surface area contributed by atoms with Crippen molar-refractivity contribution in [2.45, 2.75) is 25.7 Å². The molecule has 3 nitrogen and oxygen atoms in total. The van der Waals surface area contributed by atoms with Crippen LogP contribution in [0.1, 0.15) is 37.0 Å². The van der Waals surface area contributed by atoms with Gasteiger partial charge in [-0.2, -0.15) is 5.26 Å². The van der Waals surface area contributed by atoms with Crippen molar-refractivity contribution in [3.05, 3.63) is 90.0 Å². The SMILES string of the molecule is C=CCC1=Cc2cc(-c3cc(C#N)ccn3)[c-]cc2C1(C)C.C=[N-].[CH-]=C.[Ir+3]. The summed E-state index contributed by atoms with van der Waals surface area (Å²) >= 11 is 0. The van der Waals surface area contributed by atoms with E-state index in [0.29, 0.717) is 5.56 Å². The molecular weight excluding hydrogens is 510 g/mol. The number of benzene rings is 1. The molecule has 138 valence electrons. The van der Waals surface area contributed by atoms with Crippen molar-refractivity contribution in [2.24, 2.45) is 0 Å². The van der Waals surface area contributed by atoms with Gasteiger partial charge < -0.3 is 17.0 Å². The molecule has 0 amide bonds. The predicted molar refractivity (Wildman–Crippen MR) is 109 cm³/mol. The second-order valence-corrected chi connectivity index (χ2v) is 6.04. The quantitative estimate of drug-likeness (QED) is 0.297. The van der Waals surface area contributed by atoms with Gasteiger partial charge in [-0.15, -0.1) is 41.5 Å². The average molecular weight is 533 g/mol. The van der Waals surface area contributed by atoms with Gasteiger partial charge in [-0.1, -0.05) is 37.6 Å². The Balaban J connectivity index is 0.00000127. The molecule has 1 heterocycles. The van der Waals surface area contributed by atoms with Crippen molar-refractivity contribution in [1.82, 2.24) is 4.98 Å². The van der Waals surface area contributed by atoms with Crippen molar-refractivity contribution in [3.8, 4) is 17.3 Å². The number of pyridine rings is 1. The van der Waals surface area contributed by atoms with Gasteiger partial charge in [-0.3, -0.25) is 6.58 Å². The van der Waals surface area contributed by atoms with Gasteiger partial charge in [-0.05, 0) is 23.6 Å². The summed E-state index contributed by atoms with van der Waals surface area (Å²) in [5, 5.41) is 15.8. The van der Waals surface area contributed by atoms with E-state index < -0.39 is 0 Å². The Morgan fingerprint density at radius 2 is 2.00 bits per heavy atom. The molecule has 0 saturated carbocycles. The molecule has 0 radical (unpaired) electrons. The Kier molecular flexibility index (Phi) is 10.1. The van der Waals surface area contributed by atoms with Crippen LogP contribution in [-0.2, 0) is 25.5 Å². The maximum Gasteiger partial charge on any atom is 3.00 e. The number of hydrogen-bond donors (Lipinski definition) is 0. The van der Waals surface area contributed by atoms with Gasteiger partial charge in [0, 0.05) is 11.8 Å². The van der Waals surface area contributed by atoms with E-state index in [4.69, 9.17) is 10.7 Å². The van der Waals surface area contributed by atoms with E-state index in [2.05, 4.69) is 75.6 Å². The van der Waals surface area contributed by atoms with E-state index in [-0.39, 0.29) is 25.5 Å². The molecule has 27 heavy (non-hydrogen) atoms. The zero-order valence-electron chi connectivity index (χ0n) is 15.6. The molecular formula is C23H22IrN3. The van der Waals surface area contributed by atoms with Gasteiger partial charge in [0.05, 0.1) is 6.07 Å². The van der Waals surface area contributed by atoms with Crippen molar-refractivity contribution in [2.75, 3.05) is 0 Å². The van der Waals surface area contributed by atoms with E-state index in [1.54, 1.807) is 18.3 Å². The Labute approximate surface area is 176 Å². The summed E-state index contributed by atoms with van der Waals surface area (Å²) in [4.78, 5) is 4.36. The first-order valence-electron chi connectivity index (χ1n) is 8.03. The molecule has 2 aromatic rings. The van der Waals surface area contributed by atoms with Crippen LogP contribution >= 0.6 is 0 Å². The first-order valence-corrected chi connectivity index (χ1v) is 8.03. The maximum atomic E-state index is 9.02. The van der Waals surface area contributed by atoms with Crippen LogP contribution in [0, 0.1) is 24.0 Å². The third kappa shape index (κ3) is 5.20. The smallest absolute Gasteiger partial charge is 0.817 e. The van der Waals surface area contributed by atoms with Crippen LogP contribution in [0.4, 0.5) is 0 Å². The van der Waals surface area contributed by atoms with Crippen molar-refractivity contribution >= 4 is 12.8 Å². The monoisotopic (exact) mass is 533 g/mol. The molecule has 0 unspecified atom stereocenters. The fourth-order valence-corrected chi connectivity index (χ4v) is 2.97. The van der Waals surface area contributed by atoms with Crippen LogP contribution in [-0.4, -0.2) is 11.7 Å². The molecule has 0 N–H and O–H groups in total. The minimum absolute atomic E-state index is 0. The van der Waals surface area contributed by atoms with E-state index >= 15 is 0 Å². The number of fused-ring (bicyclic) bond motifs is 1. The van der Waals surface area contributed by atoms with E-state index in [9.17, 15) is 0 Å². The standard InChI is InChI=1S/C20H17N2.C2H3.CH2N.Ir/c1-4-5-17-12-16-11-15(6-7-18(16)20(17,2)3)19-10-14(13-21)8-9-22-19;2*1-2;/h4,7-12H,1,5H2,2-3H3;1H,2H2;1H2;/q3*-1;+3. The van der Waals surface area contributed by atoms with Gasteiger partial charge in [0.15, 0.2) is 0 Å². The summed E-state index contributed by atoms with van der Waals surface area (Å²) in [6, 6.07) is 13.1. The second-order valence-electron chi connectivity index (χ2n) is 6.04. The Morgan fingerprint density at radius 3 is 2.59 bits per heavy atom. The first kappa shape index (κ1) is 24.4. The van der Waals surface area contributed by atoms with Crippen LogP contribution < -0.4 is 0 Å². The molecule has 3 rings (SSSR count). The van der Waals surface area contributed by atoms with Gasteiger partial charge in [0.25, 0.3) is 0 Å². The van der Waals surface area contributed by atoms with Gasteiger partial charge in [-0.25, -0.2) is 6.72 Å². The van der Waals surface area contributed by atoms with E-state index in [0.717, 1.165) is 17.7 Å². The van der Waals surface area contributed by atoms with Crippen LogP contribution in [0.5, 0.6) is 0 Å². The fourth-order valence-electron chi connectivity index (χ4n) is 2.97. The molecule has 1 aliphatic carbocycles. The zero-order chi connectivity index (χ0) is 19.7. The van der Waals surface area contributed by atoms with Crippen molar-refractivity contribution < 1.29 is 20.1 Å². The van der Waals surface area contributed by atoms with Crippen LogP contribution in [0.3, 0.4) is 0 Å². The van der Waals surface area contributed by atoms with Crippen LogP contribution in [0.25, 0.3) is 22.7 Å². The number of allylic oxidation sites excluding steroid dienone is 2. The first-order chi connectivity index (χ1) is 12.6. The minimum Gasteiger partial charge on any atom is -0.817 e. The summed E-state index contributed by atoms with van der Waals surface area (Å²) in [7, 11) is 0. The largest absolute Gasteiger partial charge is 3.00 e. The Morgan fingerprint density at radius 1 is 1.33 bits per heavy atom. The average Bonchev–Trinajstić information content (AvgIpc) is 2.95. The van der Waals surface area contributed by atoms with Crippen molar-refractivity contribution in [1.29, 1.82) is 5.26 Å². The fraction of sp³-hybridized carbons (Fsp3) is 0.174. The third-order valence-electron chi connectivity index (χ3n) is 4.32. The zero-order valence-corrected chi connectivity index (χ0v) is 18.0. The number of nitriles is 1. The molecule has 0 fully saturated rings. The molecule has 0 aliphatic heterocycles. The molecule has 0 saturated heterocycles. The molecule has 1 aromatic carbocycles. The normalized spacial score (nSPS) is 12.4. The number of hydrogen-bond acceptors (Lipinski definition) is 2. The maximum absolute atomic E-state index is 9.02. The second kappa shape index (κ2) is 11.2. The molecule has 0 atom stereocenters. The van der Waals surface area contributed by atoms with Gasteiger partial charge >= 0.3 is 20.1 Å². The predicted octanol–water partition coefficient (Wildman–Crippen LogP) is 5.53. The number of rotatable bonds is 3. The number of aromatic nitrogens is 1. The summed E-state index contributed by atoms with van der Waals surface area (Å²) in [6.07, 6.45) is 6.74. The van der Waals surface area contributed by atoms with Gasteiger partial charge in [0.1, 0.15) is 0 Å². The topological polar surface area (TPSA) is 59.0 Å². The summed E-state index contributed by atoms with van der Waals surface area (Å²) in [6.45, 7) is 17.6. The van der Waals surface area contributed by atoms with Crippen LogP contribution in [0.2, 0.25) is 0 Å². The van der Waals surface area contributed by atoms with E-state index in [1.165, 1.54) is 16.7 Å². The minimum atomic E-state index is 0.